The first-order chi connectivity index (χ1) is 17.9. The summed E-state index contributed by atoms with van der Waals surface area (Å²) in [6.45, 7) is 5.78. The van der Waals surface area contributed by atoms with Crippen molar-refractivity contribution >= 4 is 27.5 Å². The van der Waals surface area contributed by atoms with Crippen molar-refractivity contribution in [2.24, 2.45) is 0 Å². The van der Waals surface area contributed by atoms with Gasteiger partial charge in [-0.25, -0.2) is 4.98 Å². The Morgan fingerprint density at radius 3 is 2.65 bits per heavy atom. The van der Waals surface area contributed by atoms with Crippen LogP contribution in [0.15, 0.2) is 79.0 Å². The average molecular weight is 505 g/mol. The molecule has 1 atom stereocenters. The van der Waals surface area contributed by atoms with Crippen molar-refractivity contribution in [2.75, 3.05) is 0 Å². The number of aromatic nitrogens is 2. The van der Waals surface area contributed by atoms with Gasteiger partial charge in [-0.15, -0.1) is 0 Å². The standard InChI is InChI=1S/C30H24N4O2S/c1-18-8-11-26(24(12-18)16-31)22-13-23(29(35)33-20(3)21-10-9-19(2)32-17-21)15-25(14-22)36-30-34-27-6-4-5-7-28(27)37-30/h4-15,17,20H,1-3H3,(H,33,35)/t20-/m0/s1. The lowest BCUT2D eigenvalue weighted by Gasteiger charge is -2.16. The maximum atomic E-state index is 13.4. The lowest BCUT2D eigenvalue weighted by Crippen LogP contribution is -2.26. The van der Waals surface area contributed by atoms with Gasteiger partial charge in [0.05, 0.1) is 27.9 Å². The molecule has 182 valence electrons. The van der Waals surface area contributed by atoms with Crippen LogP contribution < -0.4 is 10.1 Å². The molecule has 7 heteroatoms. The van der Waals surface area contributed by atoms with Gasteiger partial charge in [0, 0.05) is 17.5 Å². The number of rotatable bonds is 6. The van der Waals surface area contributed by atoms with E-state index >= 15 is 0 Å². The normalized spacial score (nSPS) is 11.6. The van der Waals surface area contributed by atoms with Crippen LogP contribution in [0.5, 0.6) is 10.9 Å². The number of carbonyl (C=O) groups is 1. The number of nitriles is 1. The van der Waals surface area contributed by atoms with Crippen molar-refractivity contribution in [3.05, 3.63) is 107 Å². The van der Waals surface area contributed by atoms with E-state index in [1.54, 1.807) is 18.3 Å². The number of nitrogens with zero attached hydrogens (tertiary/aromatic N) is 3. The van der Waals surface area contributed by atoms with E-state index in [0.717, 1.165) is 32.6 Å². The number of nitrogens with one attached hydrogen (secondary N) is 1. The number of ether oxygens (including phenoxy) is 1. The zero-order valence-electron chi connectivity index (χ0n) is 20.6. The fourth-order valence-corrected chi connectivity index (χ4v) is 4.88. The predicted octanol–water partition coefficient (Wildman–Crippen LogP) is 7.13. The Hall–Kier alpha value is -4.54. The van der Waals surface area contributed by atoms with Gasteiger partial charge in [0.1, 0.15) is 5.75 Å². The van der Waals surface area contributed by atoms with Gasteiger partial charge < -0.3 is 10.1 Å². The molecule has 1 N–H and O–H groups in total. The molecule has 0 aliphatic rings. The van der Waals surface area contributed by atoms with Gasteiger partial charge in [-0.2, -0.15) is 5.26 Å². The average Bonchev–Trinajstić information content (AvgIpc) is 3.31. The minimum atomic E-state index is -0.255. The van der Waals surface area contributed by atoms with Crippen molar-refractivity contribution in [3.8, 4) is 28.1 Å². The van der Waals surface area contributed by atoms with E-state index in [1.165, 1.54) is 11.3 Å². The number of carbonyl (C=O) groups excluding carboxylic acids is 1. The third-order valence-corrected chi connectivity index (χ3v) is 6.95. The number of hydrogen-bond donors (Lipinski definition) is 1. The summed E-state index contributed by atoms with van der Waals surface area (Å²) in [6, 6.07) is 24.7. The highest BCUT2D eigenvalue weighted by Gasteiger charge is 2.17. The monoisotopic (exact) mass is 504 g/mol. The zero-order valence-corrected chi connectivity index (χ0v) is 21.5. The van der Waals surface area contributed by atoms with E-state index in [-0.39, 0.29) is 11.9 Å². The highest BCUT2D eigenvalue weighted by molar-refractivity contribution is 7.20. The van der Waals surface area contributed by atoms with Gasteiger partial charge in [-0.3, -0.25) is 9.78 Å². The molecule has 0 bridgehead atoms. The molecule has 0 fully saturated rings. The van der Waals surface area contributed by atoms with E-state index in [2.05, 4.69) is 21.4 Å². The highest BCUT2D eigenvalue weighted by Crippen LogP contribution is 2.35. The van der Waals surface area contributed by atoms with Gasteiger partial charge in [-0.1, -0.05) is 41.7 Å². The molecular weight excluding hydrogens is 480 g/mol. The van der Waals surface area contributed by atoms with Gasteiger partial charge in [0.25, 0.3) is 11.1 Å². The Bertz CT molecular complexity index is 1620. The lowest BCUT2D eigenvalue weighted by molar-refractivity contribution is 0.0939. The minimum Gasteiger partial charge on any atom is -0.431 e. The zero-order chi connectivity index (χ0) is 25.9. The van der Waals surface area contributed by atoms with Crippen LogP contribution in [0.25, 0.3) is 21.3 Å². The maximum Gasteiger partial charge on any atom is 0.279 e. The van der Waals surface area contributed by atoms with Crippen molar-refractivity contribution in [1.29, 1.82) is 5.26 Å². The summed E-state index contributed by atoms with van der Waals surface area (Å²) in [6.07, 6.45) is 1.77. The maximum absolute atomic E-state index is 13.4. The van der Waals surface area contributed by atoms with E-state index in [9.17, 15) is 10.1 Å². The lowest BCUT2D eigenvalue weighted by atomic mass is 9.96. The second-order valence-electron chi connectivity index (χ2n) is 8.88. The number of para-hydroxylation sites is 1. The van der Waals surface area contributed by atoms with Crippen LogP contribution in [-0.2, 0) is 0 Å². The third kappa shape index (κ3) is 5.35. The van der Waals surface area contributed by atoms with Crippen LogP contribution in [0.4, 0.5) is 0 Å². The molecule has 6 nitrogen and oxygen atoms in total. The quantitative estimate of drug-likeness (QED) is 0.266. The molecule has 0 aliphatic carbocycles. The van der Waals surface area contributed by atoms with Crippen molar-refractivity contribution in [2.45, 2.75) is 26.8 Å². The number of pyridine rings is 1. The van der Waals surface area contributed by atoms with Crippen LogP contribution in [0.3, 0.4) is 0 Å². The molecule has 2 heterocycles. The van der Waals surface area contributed by atoms with E-state index in [1.807, 2.05) is 81.4 Å². The largest absolute Gasteiger partial charge is 0.431 e. The number of amides is 1. The molecule has 0 radical (unpaired) electrons. The van der Waals surface area contributed by atoms with E-state index < -0.39 is 0 Å². The number of fused-ring (bicyclic) bond motifs is 1. The Morgan fingerprint density at radius 2 is 1.89 bits per heavy atom. The first-order valence-corrected chi connectivity index (χ1v) is 12.6. The van der Waals surface area contributed by atoms with E-state index in [4.69, 9.17) is 4.74 Å². The van der Waals surface area contributed by atoms with Crippen molar-refractivity contribution in [3.63, 3.8) is 0 Å². The van der Waals surface area contributed by atoms with Gasteiger partial charge >= 0.3 is 0 Å². The van der Waals surface area contributed by atoms with Crippen LogP contribution in [0.2, 0.25) is 0 Å². The van der Waals surface area contributed by atoms with Crippen LogP contribution >= 0.6 is 11.3 Å². The van der Waals surface area contributed by atoms with Crippen molar-refractivity contribution in [1.82, 2.24) is 15.3 Å². The predicted molar refractivity (Wildman–Crippen MR) is 146 cm³/mol. The molecule has 3 aromatic carbocycles. The Kier molecular flexibility index (Phi) is 6.67. The topological polar surface area (TPSA) is 87.9 Å². The minimum absolute atomic E-state index is 0.244. The Balaban J connectivity index is 1.52. The van der Waals surface area contributed by atoms with Crippen molar-refractivity contribution < 1.29 is 9.53 Å². The SMILES string of the molecule is Cc1ccc(-c2cc(Oc3nc4ccccc4s3)cc(C(=O)N[C@@H](C)c3ccc(C)nc3)c2)c(C#N)c1. The molecule has 2 aromatic heterocycles. The summed E-state index contributed by atoms with van der Waals surface area (Å²) in [5, 5.41) is 13.3. The second-order valence-corrected chi connectivity index (χ2v) is 9.88. The van der Waals surface area contributed by atoms with Crippen LogP contribution in [0, 0.1) is 25.2 Å². The first kappa shape index (κ1) is 24.2. The Morgan fingerprint density at radius 1 is 1.05 bits per heavy atom. The fourth-order valence-electron chi connectivity index (χ4n) is 4.04. The molecular formula is C30H24N4O2S. The molecule has 0 unspecified atom stereocenters. The Labute approximate surface area is 219 Å². The molecule has 0 saturated heterocycles. The van der Waals surface area contributed by atoms with Crippen LogP contribution in [0.1, 0.15) is 45.7 Å². The number of aryl methyl sites for hydroxylation is 2. The summed E-state index contributed by atoms with van der Waals surface area (Å²) >= 11 is 1.43. The summed E-state index contributed by atoms with van der Waals surface area (Å²) < 4.78 is 7.16. The van der Waals surface area contributed by atoms with Crippen LogP contribution in [-0.4, -0.2) is 15.9 Å². The third-order valence-electron chi connectivity index (χ3n) is 6.04. The molecule has 0 aliphatic heterocycles. The fraction of sp³-hybridized carbons (Fsp3) is 0.133. The summed E-state index contributed by atoms with van der Waals surface area (Å²) in [4.78, 5) is 22.3. The molecule has 1 amide bonds. The number of benzene rings is 3. The highest BCUT2D eigenvalue weighted by atomic mass is 32.1. The molecule has 5 aromatic rings. The number of hydrogen-bond acceptors (Lipinski definition) is 6. The number of thiazole rings is 1. The molecule has 0 saturated carbocycles. The summed E-state index contributed by atoms with van der Waals surface area (Å²) in [5.41, 5.74) is 6.05. The van der Waals surface area contributed by atoms with Gasteiger partial charge in [-0.05, 0) is 85.5 Å². The second kappa shape index (κ2) is 10.2. The van der Waals surface area contributed by atoms with E-state index in [0.29, 0.717) is 27.6 Å². The first-order valence-electron chi connectivity index (χ1n) is 11.8. The molecule has 0 spiro atoms. The summed E-state index contributed by atoms with van der Waals surface area (Å²) in [7, 11) is 0. The molecule has 5 rings (SSSR count). The molecule has 37 heavy (non-hydrogen) atoms. The summed E-state index contributed by atoms with van der Waals surface area (Å²) in [5.74, 6) is 0.213. The van der Waals surface area contributed by atoms with Gasteiger partial charge in [0.2, 0.25) is 0 Å². The van der Waals surface area contributed by atoms with Gasteiger partial charge in [0.15, 0.2) is 0 Å². The smallest absolute Gasteiger partial charge is 0.279 e.